The van der Waals surface area contributed by atoms with Crippen molar-refractivity contribution in [2.45, 2.75) is 45.1 Å². The largest absolute Gasteiger partial charge is 0.505 e. The van der Waals surface area contributed by atoms with Crippen LogP contribution in [0, 0.1) is 11.7 Å². The summed E-state index contributed by atoms with van der Waals surface area (Å²) < 4.78 is 13.2. The van der Waals surface area contributed by atoms with Crippen LogP contribution >= 0.6 is 0 Å². The number of phenols is 1. The summed E-state index contributed by atoms with van der Waals surface area (Å²) in [6.45, 7) is 2.29. The lowest BCUT2D eigenvalue weighted by Gasteiger charge is -2.18. The fourth-order valence-corrected chi connectivity index (χ4v) is 2.46. The molecule has 2 atom stereocenters. The van der Waals surface area contributed by atoms with Crippen LogP contribution in [0.2, 0.25) is 0 Å². The van der Waals surface area contributed by atoms with Crippen molar-refractivity contribution < 1.29 is 9.50 Å². The molecule has 1 aromatic carbocycles. The van der Waals surface area contributed by atoms with Crippen molar-refractivity contribution in [1.29, 1.82) is 0 Å². The molecule has 2 nitrogen and oxygen atoms in total. The molecule has 1 fully saturated rings. The van der Waals surface area contributed by atoms with E-state index in [1.165, 1.54) is 31.4 Å². The van der Waals surface area contributed by atoms with Gasteiger partial charge in [-0.25, -0.2) is 4.39 Å². The first-order valence-electron chi connectivity index (χ1n) is 6.40. The van der Waals surface area contributed by atoms with Crippen molar-refractivity contribution in [2.24, 2.45) is 5.92 Å². The summed E-state index contributed by atoms with van der Waals surface area (Å²) in [6, 6.07) is 4.93. The van der Waals surface area contributed by atoms with Gasteiger partial charge in [0.1, 0.15) is 0 Å². The number of hydrogen-bond acceptors (Lipinski definition) is 2. The summed E-state index contributed by atoms with van der Waals surface area (Å²) in [5.41, 5.74) is 0.764. The number of hydrogen-bond donors (Lipinski definition) is 2. The third kappa shape index (κ3) is 3.35. The minimum absolute atomic E-state index is 0.287. The smallest absolute Gasteiger partial charge is 0.166 e. The second-order valence-corrected chi connectivity index (χ2v) is 5.12. The summed E-state index contributed by atoms with van der Waals surface area (Å²) in [6.07, 6.45) is 6.05. The number of phenolic OH excluding ortho intramolecular Hbond substituents is 1. The molecule has 0 spiro atoms. The van der Waals surface area contributed by atoms with Gasteiger partial charge < -0.3 is 10.4 Å². The normalized spacial score (nSPS) is 25.3. The fourth-order valence-electron chi connectivity index (χ4n) is 2.46. The molecule has 0 aromatic heterocycles. The molecule has 1 aliphatic rings. The molecule has 94 valence electrons. The Bertz CT molecular complexity index is 380. The van der Waals surface area contributed by atoms with E-state index in [4.69, 9.17) is 5.11 Å². The topological polar surface area (TPSA) is 32.3 Å². The molecule has 17 heavy (non-hydrogen) atoms. The van der Waals surface area contributed by atoms with E-state index in [0.717, 1.165) is 24.4 Å². The molecule has 2 unspecified atom stereocenters. The van der Waals surface area contributed by atoms with Gasteiger partial charge in [-0.1, -0.05) is 19.8 Å². The van der Waals surface area contributed by atoms with Gasteiger partial charge in [-0.3, -0.25) is 0 Å². The first-order chi connectivity index (χ1) is 8.15. The van der Waals surface area contributed by atoms with Crippen LogP contribution in [0.25, 0.3) is 0 Å². The number of benzene rings is 1. The molecule has 0 heterocycles. The second kappa shape index (κ2) is 5.39. The Morgan fingerprint density at radius 2 is 2.06 bits per heavy atom. The lowest BCUT2D eigenvalue weighted by Crippen LogP contribution is -2.18. The quantitative estimate of drug-likeness (QED) is 0.603. The van der Waals surface area contributed by atoms with Crippen molar-refractivity contribution >= 4 is 5.69 Å². The van der Waals surface area contributed by atoms with Crippen LogP contribution in [0.3, 0.4) is 0 Å². The average Bonchev–Trinajstić information content (AvgIpc) is 2.49. The van der Waals surface area contributed by atoms with Crippen LogP contribution in [0.4, 0.5) is 10.1 Å². The average molecular weight is 237 g/mol. The minimum Gasteiger partial charge on any atom is -0.505 e. The minimum atomic E-state index is -0.558. The maximum absolute atomic E-state index is 13.2. The zero-order chi connectivity index (χ0) is 12.3. The third-order valence-electron chi connectivity index (χ3n) is 3.58. The van der Waals surface area contributed by atoms with Crippen molar-refractivity contribution in [2.75, 3.05) is 5.32 Å². The molecular weight excluding hydrogens is 217 g/mol. The molecule has 2 rings (SSSR count). The predicted molar refractivity (Wildman–Crippen MR) is 67.7 cm³/mol. The van der Waals surface area contributed by atoms with Gasteiger partial charge >= 0.3 is 0 Å². The molecule has 0 saturated heterocycles. The Morgan fingerprint density at radius 1 is 1.24 bits per heavy atom. The molecule has 1 aliphatic carbocycles. The molecule has 2 N–H and O–H groups in total. The Balaban J connectivity index is 1.97. The zero-order valence-electron chi connectivity index (χ0n) is 10.2. The highest BCUT2D eigenvalue weighted by molar-refractivity contribution is 5.47. The Kier molecular flexibility index (Phi) is 3.87. The first kappa shape index (κ1) is 12.2. The van der Waals surface area contributed by atoms with E-state index in [1.807, 2.05) is 0 Å². The Hall–Kier alpha value is -1.25. The molecule has 0 radical (unpaired) electrons. The van der Waals surface area contributed by atoms with Crippen molar-refractivity contribution in [3.8, 4) is 5.75 Å². The van der Waals surface area contributed by atoms with Gasteiger partial charge in [-0.2, -0.15) is 0 Å². The van der Waals surface area contributed by atoms with Crippen LogP contribution in [0.15, 0.2) is 18.2 Å². The summed E-state index contributed by atoms with van der Waals surface area (Å²) in [7, 11) is 0. The molecule has 3 heteroatoms. The van der Waals surface area contributed by atoms with Gasteiger partial charge in [-0.05, 0) is 37.3 Å². The highest BCUT2D eigenvalue weighted by atomic mass is 19.1. The maximum atomic E-state index is 13.2. The summed E-state index contributed by atoms with van der Waals surface area (Å²) in [4.78, 5) is 0. The van der Waals surface area contributed by atoms with E-state index < -0.39 is 5.82 Å². The van der Waals surface area contributed by atoms with Gasteiger partial charge in [0.05, 0.1) is 0 Å². The van der Waals surface area contributed by atoms with Gasteiger partial charge in [0.25, 0.3) is 0 Å². The monoisotopic (exact) mass is 237 g/mol. The predicted octanol–water partition coefficient (Wildman–Crippen LogP) is 3.91. The number of nitrogens with one attached hydrogen (secondary N) is 1. The van der Waals surface area contributed by atoms with Crippen LogP contribution < -0.4 is 5.32 Å². The zero-order valence-corrected chi connectivity index (χ0v) is 10.2. The number of anilines is 1. The molecule has 1 aromatic rings. The van der Waals surface area contributed by atoms with Crippen LogP contribution in [-0.2, 0) is 0 Å². The lowest BCUT2D eigenvalue weighted by molar-refractivity contribution is 0.432. The van der Waals surface area contributed by atoms with Crippen LogP contribution in [0.5, 0.6) is 5.75 Å². The molecular formula is C14H20FNO. The standard InChI is InChI=1S/C14H20FNO/c1-10-3-2-4-11(6-5-10)16-12-7-8-14(17)13(15)9-12/h7-11,16-17H,2-6H2,1H3. The Morgan fingerprint density at radius 3 is 2.82 bits per heavy atom. The highest BCUT2D eigenvalue weighted by Crippen LogP contribution is 2.26. The summed E-state index contributed by atoms with van der Waals surface area (Å²) in [5, 5.41) is 12.5. The SMILES string of the molecule is CC1CCCC(Nc2ccc(O)c(F)c2)CC1. The van der Waals surface area contributed by atoms with Crippen LogP contribution in [-0.4, -0.2) is 11.1 Å². The van der Waals surface area contributed by atoms with E-state index in [0.29, 0.717) is 6.04 Å². The van der Waals surface area contributed by atoms with E-state index >= 15 is 0 Å². The maximum Gasteiger partial charge on any atom is 0.166 e. The van der Waals surface area contributed by atoms with Crippen molar-refractivity contribution in [1.82, 2.24) is 0 Å². The number of halogens is 1. The van der Waals surface area contributed by atoms with Crippen molar-refractivity contribution in [3.05, 3.63) is 24.0 Å². The molecule has 1 saturated carbocycles. The van der Waals surface area contributed by atoms with Crippen molar-refractivity contribution in [3.63, 3.8) is 0 Å². The third-order valence-corrected chi connectivity index (χ3v) is 3.58. The molecule has 0 amide bonds. The van der Waals surface area contributed by atoms with E-state index in [1.54, 1.807) is 6.07 Å². The second-order valence-electron chi connectivity index (χ2n) is 5.12. The number of rotatable bonds is 2. The Labute approximate surface area is 102 Å². The van der Waals surface area contributed by atoms with Gasteiger partial charge in [0.2, 0.25) is 0 Å². The lowest BCUT2D eigenvalue weighted by atomic mass is 10.0. The van der Waals surface area contributed by atoms with E-state index in [9.17, 15) is 4.39 Å². The van der Waals surface area contributed by atoms with E-state index in [2.05, 4.69) is 12.2 Å². The van der Waals surface area contributed by atoms with E-state index in [-0.39, 0.29) is 5.75 Å². The van der Waals surface area contributed by atoms with Gasteiger partial charge in [0, 0.05) is 17.8 Å². The van der Waals surface area contributed by atoms with Gasteiger partial charge in [-0.15, -0.1) is 0 Å². The first-order valence-corrected chi connectivity index (χ1v) is 6.40. The number of aromatic hydroxyl groups is 1. The molecule has 0 bridgehead atoms. The summed E-state index contributed by atoms with van der Waals surface area (Å²) >= 11 is 0. The highest BCUT2D eigenvalue weighted by Gasteiger charge is 2.16. The van der Waals surface area contributed by atoms with Crippen LogP contribution in [0.1, 0.15) is 39.0 Å². The van der Waals surface area contributed by atoms with Gasteiger partial charge in [0.15, 0.2) is 11.6 Å². The molecule has 0 aliphatic heterocycles. The summed E-state index contributed by atoms with van der Waals surface area (Å²) in [5.74, 6) is -0.0413. The fraction of sp³-hybridized carbons (Fsp3) is 0.571.